The molecule has 0 radical (unpaired) electrons. The number of aromatic amines is 1. The Kier molecular flexibility index (Phi) is 5.52. The van der Waals surface area contributed by atoms with Gasteiger partial charge in [-0.3, -0.25) is 4.79 Å². The zero-order chi connectivity index (χ0) is 22.5. The minimum atomic E-state index is -0.279. The summed E-state index contributed by atoms with van der Waals surface area (Å²) >= 11 is 6.32. The molecule has 3 heterocycles. The molecule has 2 aromatic carbocycles. The molecule has 2 aliphatic heterocycles. The van der Waals surface area contributed by atoms with E-state index in [1.165, 1.54) is 22.2 Å². The van der Waals surface area contributed by atoms with E-state index in [0.717, 1.165) is 36.5 Å². The number of nitrogens with one attached hydrogen (secondary N) is 1. The number of ether oxygens (including phenoxy) is 1. The van der Waals surface area contributed by atoms with Gasteiger partial charge in [0.25, 0.3) is 5.91 Å². The van der Waals surface area contributed by atoms with Gasteiger partial charge in [0.2, 0.25) is 0 Å². The van der Waals surface area contributed by atoms with Crippen LogP contribution in [-0.2, 0) is 11.2 Å². The van der Waals surface area contributed by atoms with Crippen molar-refractivity contribution in [1.29, 1.82) is 0 Å². The number of hydrogen-bond donors (Lipinski definition) is 1. The van der Waals surface area contributed by atoms with Crippen LogP contribution in [0.25, 0.3) is 10.9 Å². The van der Waals surface area contributed by atoms with Crippen LogP contribution in [0.1, 0.15) is 53.4 Å². The summed E-state index contributed by atoms with van der Waals surface area (Å²) < 4.78 is 5.53. The van der Waals surface area contributed by atoms with Gasteiger partial charge in [-0.15, -0.1) is 0 Å². The van der Waals surface area contributed by atoms with Crippen LogP contribution in [0.4, 0.5) is 0 Å². The highest BCUT2D eigenvalue weighted by atomic mass is 35.5. The van der Waals surface area contributed by atoms with Crippen LogP contribution in [-0.4, -0.2) is 59.7 Å². The van der Waals surface area contributed by atoms with Gasteiger partial charge in [-0.05, 0) is 81.7 Å². The van der Waals surface area contributed by atoms with Crippen LogP contribution >= 0.6 is 11.6 Å². The van der Waals surface area contributed by atoms with Crippen LogP contribution in [0.3, 0.4) is 0 Å². The Bertz CT molecular complexity index is 1150. The number of halogens is 1. The zero-order valence-corrected chi connectivity index (χ0v) is 19.7. The van der Waals surface area contributed by atoms with Crippen molar-refractivity contribution in [2.24, 2.45) is 0 Å². The van der Waals surface area contributed by atoms with Crippen molar-refractivity contribution < 1.29 is 9.53 Å². The van der Waals surface area contributed by atoms with Gasteiger partial charge in [0.05, 0.1) is 12.1 Å². The van der Waals surface area contributed by atoms with Gasteiger partial charge in [-0.25, -0.2) is 0 Å². The first-order chi connectivity index (χ1) is 15.3. The SMILES string of the molecule is CN1CCCc2c([nH]c3ccc(Cl)cc23)C(c2ccc(C(=O)N3COCC3(C)C)cc2)C1. The Labute approximate surface area is 194 Å². The maximum Gasteiger partial charge on any atom is 0.256 e. The molecule has 5 rings (SSSR count). The minimum absolute atomic E-state index is 0.0229. The first kappa shape index (κ1) is 21.5. The van der Waals surface area contributed by atoms with E-state index in [4.69, 9.17) is 16.3 Å². The van der Waals surface area contributed by atoms with Gasteiger partial charge in [-0.1, -0.05) is 23.7 Å². The summed E-state index contributed by atoms with van der Waals surface area (Å²) in [5.74, 6) is 0.229. The predicted octanol–water partition coefficient (Wildman–Crippen LogP) is 5.04. The second-order valence-corrected chi connectivity index (χ2v) is 10.2. The van der Waals surface area contributed by atoms with Crippen LogP contribution in [0.5, 0.6) is 0 Å². The van der Waals surface area contributed by atoms with Crippen molar-refractivity contribution >= 4 is 28.4 Å². The third kappa shape index (κ3) is 3.83. The fourth-order valence-electron chi connectivity index (χ4n) is 5.09. The Balaban J connectivity index is 1.51. The molecule has 1 atom stereocenters. The summed E-state index contributed by atoms with van der Waals surface area (Å²) in [4.78, 5) is 21.0. The van der Waals surface area contributed by atoms with Crippen molar-refractivity contribution in [3.05, 3.63) is 69.9 Å². The molecule has 2 aliphatic rings. The van der Waals surface area contributed by atoms with E-state index in [1.54, 1.807) is 0 Å². The molecule has 168 valence electrons. The number of aryl methyl sites for hydroxylation is 1. The first-order valence-corrected chi connectivity index (χ1v) is 11.7. The summed E-state index contributed by atoms with van der Waals surface area (Å²) in [5, 5.41) is 2.00. The average molecular weight is 452 g/mol. The molecular formula is C26H30ClN3O2. The summed E-state index contributed by atoms with van der Waals surface area (Å²) in [5.41, 5.74) is 5.41. The smallest absolute Gasteiger partial charge is 0.256 e. The Morgan fingerprint density at radius 3 is 2.69 bits per heavy atom. The molecule has 1 saturated heterocycles. The highest BCUT2D eigenvalue weighted by molar-refractivity contribution is 6.31. The van der Waals surface area contributed by atoms with Crippen LogP contribution in [0, 0.1) is 0 Å². The summed E-state index contributed by atoms with van der Waals surface area (Å²) in [7, 11) is 2.19. The van der Waals surface area contributed by atoms with Crippen molar-refractivity contribution in [2.45, 2.75) is 38.1 Å². The van der Waals surface area contributed by atoms with E-state index in [1.807, 2.05) is 36.9 Å². The monoisotopic (exact) mass is 451 g/mol. The van der Waals surface area contributed by atoms with Crippen molar-refractivity contribution in [1.82, 2.24) is 14.8 Å². The second kappa shape index (κ2) is 8.22. The molecule has 1 fully saturated rings. The topological polar surface area (TPSA) is 48.6 Å². The number of carbonyl (C=O) groups excluding carboxylic acids is 1. The van der Waals surface area contributed by atoms with E-state index >= 15 is 0 Å². The highest BCUT2D eigenvalue weighted by Crippen LogP contribution is 2.36. The average Bonchev–Trinajstić information content (AvgIpc) is 3.29. The molecule has 0 spiro atoms. The standard InChI is InChI=1S/C26H30ClN3O2/c1-26(2)15-32-16-30(26)25(31)18-8-6-17(7-9-18)22-14-29(3)12-4-5-20-21-13-19(27)10-11-23(21)28-24(20)22/h6-11,13,22,28H,4-5,12,14-16H2,1-3H3. The quantitative estimate of drug-likeness (QED) is 0.593. The van der Waals surface area contributed by atoms with Gasteiger partial charge in [0.1, 0.15) is 6.73 Å². The first-order valence-electron chi connectivity index (χ1n) is 11.3. The van der Waals surface area contributed by atoms with Gasteiger partial charge < -0.3 is 19.5 Å². The van der Waals surface area contributed by atoms with Crippen LogP contribution in [0.2, 0.25) is 5.02 Å². The molecule has 1 aromatic heterocycles. The van der Waals surface area contributed by atoms with Gasteiger partial charge in [0.15, 0.2) is 0 Å². The summed E-state index contributed by atoms with van der Waals surface area (Å²) in [6.07, 6.45) is 2.15. The maximum atomic E-state index is 13.1. The third-order valence-electron chi connectivity index (χ3n) is 6.92. The molecule has 6 heteroatoms. The van der Waals surface area contributed by atoms with Crippen molar-refractivity contribution in [3.63, 3.8) is 0 Å². The molecule has 5 nitrogen and oxygen atoms in total. The molecule has 3 aromatic rings. The van der Waals surface area contributed by atoms with Gasteiger partial charge >= 0.3 is 0 Å². The fourth-order valence-corrected chi connectivity index (χ4v) is 5.26. The molecule has 0 saturated carbocycles. The molecule has 32 heavy (non-hydrogen) atoms. The third-order valence-corrected chi connectivity index (χ3v) is 7.16. The zero-order valence-electron chi connectivity index (χ0n) is 19.0. The van der Waals surface area contributed by atoms with Crippen LogP contribution in [0.15, 0.2) is 42.5 Å². The molecule has 1 amide bonds. The number of amides is 1. The lowest BCUT2D eigenvalue weighted by molar-refractivity contribution is 0.0605. The normalized spacial score (nSPS) is 21.4. The molecular weight excluding hydrogens is 422 g/mol. The lowest BCUT2D eigenvalue weighted by Crippen LogP contribution is -2.44. The number of hydrogen-bond acceptors (Lipinski definition) is 3. The highest BCUT2D eigenvalue weighted by Gasteiger charge is 2.37. The number of rotatable bonds is 2. The fraction of sp³-hybridized carbons (Fsp3) is 0.423. The largest absolute Gasteiger partial charge is 0.359 e. The van der Waals surface area contributed by atoms with Crippen molar-refractivity contribution in [2.75, 3.05) is 33.5 Å². The number of aromatic nitrogens is 1. The number of likely N-dealkylation sites (N-methyl/N-ethyl adjacent to an activating group) is 1. The number of benzene rings is 2. The van der Waals surface area contributed by atoms with E-state index < -0.39 is 0 Å². The number of fused-ring (bicyclic) bond motifs is 3. The Hall–Kier alpha value is -2.34. The Morgan fingerprint density at radius 2 is 1.97 bits per heavy atom. The number of carbonyl (C=O) groups is 1. The van der Waals surface area contributed by atoms with E-state index in [-0.39, 0.29) is 17.4 Å². The van der Waals surface area contributed by atoms with Crippen LogP contribution < -0.4 is 0 Å². The Morgan fingerprint density at radius 1 is 1.19 bits per heavy atom. The van der Waals surface area contributed by atoms with Gasteiger partial charge in [-0.2, -0.15) is 0 Å². The molecule has 1 N–H and O–H groups in total. The summed E-state index contributed by atoms with van der Waals surface area (Å²) in [6, 6.07) is 14.2. The molecule has 0 aliphatic carbocycles. The molecule has 0 bridgehead atoms. The van der Waals surface area contributed by atoms with Gasteiger partial charge in [0, 0.05) is 39.6 Å². The van der Waals surface area contributed by atoms with Crippen molar-refractivity contribution in [3.8, 4) is 0 Å². The number of nitrogens with zero attached hydrogens (tertiary/aromatic N) is 2. The lowest BCUT2D eigenvalue weighted by Gasteiger charge is -2.30. The van der Waals surface area contributed by atoms with E-state index in [0.29, 0.717) is 18.9 Å². The maximum absolute atomic E-state index is 13.1. The molecule has 1 unspecified atom stereocenters. The second-order valence-electron chi connectivity index (χ2n) is 9.77. The van der Waals surface area contributed by atoms with E-state index in [2.05, 4.69) is 41.2 Å². The predicted molar refractivity (Wildman–Crippen MR) is 128 cm³/mol. The van der Waals surface area contributed by atoms with E-state index in [9.17, 15) is 4.79 Å². The summed E-state index contributed by atoms with van der Waals surface area (Å²) in [6.45, 7) is 6.98. The number of H-pyrrole nitrogens is 1. The minimum Gasteiger partial charge on any atom is -0.359 e. The lowest BCUT2D eigenvalue weighted by atomic mass is 9.88.